The van der Waals surface area contributed by atoms with E-state index in [1.165, 1.54) is 6.07 Å². The van der Waals surface area contributed by atoms with E-state index in [9.17, 15) is 14.0 Å². The minimum atomic E-state index is -0.751. The maximum Gasteiger partial charge on any atom is 0.309 e. The third-order valence-corrected chi connectivity index (χ3v) is 2.27. The summed E-state index contributed by atoms with van der Waals surface area (Å²) in [5.41, 5.74) is 0.350. The van der Waals surface area contributed by atoms with Crippen molar-refractivity contribution in [3.05, 3.63) is 35.6 Å². The lowest BCUT2D eigenvalue weighted by molar-refractivity contribution is -0.139. The topological polar surface area (TPSA) is 58.2 Å². The number of carbonyl (C=O) groups is 2. The van der Waals surface area contributed by atoms with E-state index in [-0.39, 0.29) is 12.5 Å². The molecule has 1 aromatic rings. The summed E-state index contributed by atoms with van der Waals surface area (Å²) >= 11 is 0. The highest BCUT2D eigenvalue weighted by atomic mass is 19.1. The second-order valence-electron chi connectivity index (χ2n) is 4.38. The standard InChI is InChI=1S/C13H17FN2O2/c1-9(2)7-15-12(17)13(18)16-8-10-5-3-4-6-11(10)14/h3-6,9H,7-8H2,1-2H3,(H,15,17)(H,16,18). The van der Waals surface area contributed by atoms with Gasteiger partial charge in [0.05, 0.1) is 0 Å². The molecular formula is C13H17FN2O2. The van der Waals surface area contributed by atoms with E-state index < -0.39 is 17.6 Å². The van der Waals surface area contributed by atoms with Crippen LogP contribution < -0.4 is 10.6 Å². The molecule has 98 valence electrons. The van der Waals surface area contributed by atoms with Crippen LogP contribution in [-0.2, 0) is 16.1 Å². The summed E-state index contributed by atoms with van der Waals surface area (Å²) in [5.74, 6) is -1.58. The summed E-state index contributed by atoms with van der Waals surface area (Å²) in [6.07, 6.45) is 0. The maximum absolute atomic E-state index is 13.2. The van der Waals surface area contributed by atoms with Crippen LogP contribution in [0.5, 0.6) is 0 Å². The summed E-state index contributed by atoms with van der Waals surface area (Å²) in [6.45, 7) is 4.29. The molecule has 0 saturated heterocycles. The van der Waals surface area contributed by atoms with Crippen molar-refractivity contribution in [2.45, 2.75) is 20.4 Å². The minimum absolute atomic E-state index is 0.000600. The number of benzene rings is 1. The van der Waals surface area contributed by atoms with Gasteiger partial charge in [-0.15, -0.1) is 0 Å². The fourth-order valence-corrected chi connectivity index (χ4v) is 1.27. The third-order valence-electron chi connectivity index (χ3n) is 2.27. The van der Waals surface area contributed by atoms with E-state index in [1.54, 1.807) is 18.2 Å². The van der Waals surface area contributed by atoms with E-state index in [0.29, 0.717) is 12.1 Å². The van der Waals surface area contributed by atoms with Crippen LogP contribution in [-0.4, -0.2) is 18.4 Å². The lowest BCUT2D eigenvalue weighted by atomic mass is 10.2. The molecule has 0 heterocycles. The van der Waals surface area contributed by atoms with Gasteiger partial charge in [0.1, 0.15) is 5.82 Å². The molecule has 2 N–H and O–H groups in total. The fourth-order valence-electron chi connectivity index (χ4n) is 1.27. The van der Waals surface area contributed by atoms with Crippen LogP contribution in [0, 0.1) is 11.7 Å². The number of amides is 2. The van der Waals surface area contributed by atoms with Gasteiger partial charge in [0.25, 0.3) is 0 Å². The van der Waals surface area contributed by atoms with Gasteiger partial charge in [-0.3, -0.25) is 9.59 Å². The van der Waals surface area contributed by atoms with Crippen LogP contribution in [0.1, 0.15) is 19.4 Å². The molecule has 1 aromatic carbocycles. The predicted octanol–water partition coefficient (Wildman–Crippen LogP) is 1.21. The smallest absolute Gasteiger partial charge is 0.309 e. The largest absolute Gasteiger partial charge is 0.348 e. The summed E-state index contributed by atoms with van der Waals surface area (Å²) in [4.78, 5) is 22.7. The second kappa shape index (κ2) is 6.74. The zero-order valence-electron chi connectivity index (χ0n) is 10.5. The molecule has 4 nitrogen and oxygen atoms in total. The zero-order chi connectivity index (χ0) is 13.5. The van der Waals surface area contributed by atoms with E-state index in [1.807, 2.05) is 13.8 Å². The Bertz CT molecular complexity index is 433. The first-order valence-corrected chi connectivity index (χ1v) is 5.80. The first-order valence-electron chi connectivity index (χ1n) is 5.80. The van der Waals surface area contributed by atoms with E-state index >= 15 is 0 Å². The number of rotatable bonds is 4. The Labute approximate surface area is 106 Å². The number of halogens is 1. The van der Waals surface area contributed by atoms with Crippen molar-refractivity contribution < 1.29 is 14.0 Å². The van der Waals surface area contributed by atoms with E-state index in [2.05, 4.69) is 10.6 Å². The van der Waals surface area contributed by atoms with Gasteiger partial charge in [0.2, 0.25) is 0 Å². The van der Waals surface area contributed by atoms with Crippen LogP contribution in [0.4, 0.5) is 4.39 Å². The van der Waals surface area contributed by atoms with E-state index in [0.717, 1.165) is 0 Å². The Morgan fingerprint density at radius 3 is 2.39 bits per heavy atom. The lowest BCUT2D eigenvalue weighted by Crippen LogP contribution is -2.40. The molecule has 18 heavy (non-hydrogen) atoms. The molecule has 0 bridgehead atoms. The highest BCUT2D eigenvalue weighted by molar-refractivity contribution is 6.35. The molecule has 0 aliphatic rings. The van der Waals surface area contributed by atoms with E-state index in [4.69, 9.17) is 0 Å². The highest BCUT2D eigenvalue weighted by Gasteiger charge is 2.13. The van der Waals surface area contributed by atoms with Crippen LogP contribution >= 0.6 is 0 Å². The number of hydrogen-bond acceptors (Lipinski definition) is 2. The molecular weight excluding hydrogens is 235 g/mol. The van der Waals surface area contributed by atoms with Gasteiger partial charge >= 0.3 is 11.8 Å². The van der Waals surface area contributed by atoms with Crippen LogP contribution in [0.2, 0.25) is 0 Å². The average molecular weight is 252 g/mol. The summed E-state index contributed by atoms with van der Waals surface area (Å²) in [5, 5.41) is 4.86. The molecule has 0 radical (unpaired) electrons. The van der Waals surface area contributed by atoms with Gasteiger partial charge in [-0.1, -0.05) is 32.0 Å². The van der Waals surface area contributed by atoms with Crippen molar-refractivity contribution in [1.82, 2.24) is 10.6 Å². The van der Waals surface area contributed by atoms with Crippen LogP contribution in [0.25, 0.3) is 0 Å². The lowest BCUT2D eigenvalue weighted by Gasteiger charge is -2.08. The molecule has 0 saturated carbocycles. The maximum atomic E-state index is 13.2. The number of nitrogens with one attached hydrogen (secondary N) is 2. The first kappa shape index (κ1) is 14.2. The third kappa shape index (κ3) is 4.53. The molecule has 0 unspecified atom stereocenters. The van der Waals surface area contributed by atoms with Gasteiger partial charge in [0.15, 0.2) is 0 Å². The molecule has 0 spiro atoms. The van der Waals surface area contributed by atoms with Crippen molar-refractivity contribution in [3.63, 3.8) is 0 Å². The first-order chi connectivity index (χ1) is 8.50. The number of carbonyl (C=O) groups excluding carboxylic acids is 2. The summed E-state index contributed by atoms with van der Waals surface area (Å²) in [6, 6.07) is 6.10. The Balaban J connectivity index is 2.42. The number of hydrogen-bond donors (Lipinski definition) is 2. The monoisotopic (exact) mass is 252 g/mol. The average Bonchev–Trinajstić information content (AvgIpc) is 2.34. The predicted molar refractivity (Wildman–Crippen MR) is 66.1 cm³/mol. The Morgan fingerprint density at radius 2 is 1.78 bits per heavy atom. The van der Waals surface area contributed by atoms with Gasteiger partial charge in [0, 0.05) is 18.7 Å². The van der Waals surface area contributed by atoms with Crippen molar-refractivity contribution in [3.8, 4) is 0 Å². The van der Waals surface area contributed by atoms with Gasteiger partial charge in [-0.25, -0.2) is 4.39 Å². The zero-order valence-corrected chi connectivity index (χ0v) is 10.5. The molecule has 5 heteroatoms. The molecule has 1 rings (SSSR count). The fraction of sp³-hybridized carbons (Fsp3) is 0.385. The van der Waals surface area contributed by atoms with Crippen LogP contribution in [0.3, 0.4) is 0 Å². The SMILES string of the molecule is CC(C)CNC(=O)C(=O)NCc1ccccc1F. The molecule has 0 fully saturated rings. The quantitative estimate of drug-likeness (QED) is 0.791. The Hall–Kier alpha value is -1.91. The summed E-state index contributed by atoms with van der Waals surface area (Å²) < 4.78 is 13.2. The second-order valence-corrected chi connectivity index (χ2v) is 4.38. The van der Waals surface area contributed by atoms with Gasteiger partial charge < -0.3 is 10.6 Å². The molecule has 0 aromatic heterocycles. The van der Waals surface area contributed by atoms with Crippen molar-refractivity contribution in [2.24, 2.45) is 5.92 Å². The van der Waals surface area contributed by atoms with Gasteiger partial charge in [-0.05, 0) is 12.0 Å². The minimum Gasteiger partial charge on any atom is -0.348 e. The Kier molecular flexibility index (Phi) is 5.30. The normalized spacial score (nSPS) is 10.2. The highest BCUT2D eigenvalue weighted by Crippen LogP contribution is 2.05. The van der Waals surface area contributed by atoms with Gasteiger partial charge in [-0.2, -0.15) is 0 Å². The molecule has 2 amide bonds. The summed E-state index contributed by atoms with van der Waals surface area (Å²) in [7, 11) is 0. The van der Waals surface area contributed by atoms with Crippen molar-refractivity contribution in [2.75, 3.05) is 6.54 Å². The molecule has 0 aliphatic carbocycles. The molecule has 0 aliphatic heterocycles. The van der Waals surface area contributed by atoms with Crippen molar-refractivity contribution in [1.29, 1.82) is 0 Å². The van der Waals surface area contributed by atoms with Crippen LogP contribution in [0.15, 0.2) is 24.3 Å². The molecule has 0 atom stereocenters. The van der Waals surface area contributed by atoms with Crippen molar-refractivity contribution >= 4 is 11.8 Å². The Morgan fingerprint density at radius 1 is 1.17 bits per heavy atom.